The molecule has 15 fully saturated rings. The number of aliphatic hydroxyl groups excluding tert-OH is 20. The number of aryl methyl sites for hydroxylation is 1. The fourth-order valence-electron chi connectivity index (χ4n) is 11.4. The molecule has 0 spiro atoms. The van der Waals surface area contributed by atoms with Crippen molar-refractivity contribution in [2.75, 3.05) is 46.2 Å². The molecule has 0 saturated carbocycles. The van der Waals surface area contributed by atoms with E-state index in [1.807, 2.05) is 0 Å². The molecule has 15 heterocycles. The second-order valence-electron chi connectivity index (χ2n) is 22.0. The van der Waals surface area contributed by atoms with Gasteiger partial charge in [-0.25, -0.2) is 0 Å². The van der Waals surface area contributed by atoms with Crippen molar-refractivity contribution in [1.29, 1.82) is 0 Å². The van der Waals surface area contributed by atoms with Gasteiger partial charge in [-0.15, -0.1) is 0 Å². The lowest BCUT2D eigenvalue weighted by Gasteiger charge is -2.50. The first-order valence-corrected chi connectivity index (χ1v) is 29.0. The monoisotopic (exact) mass is 1310 g/mol. The second kappa shape index (κ2) is 30.0. The molecule has 38 nitrogen and oxygen atoms in total. The van der Waals surface area contributed by atoms with Crippen LogP contribution in [0.1, 0.15) is 5.56 Å². The fraction of sp³-hybridized carbons (Fsp3) is 0.878. The van der Waals surface area contributed by atoms with E-state index < -0.39 is 276 Å². The second-order valence-corrected chi connectivity index (χ2v) is 23.6. The first-order chi connectivity index (χ1) is 41.3. The standard InChI is InChI=1S/C49H76O37S.H2O/c1-13-2-4-14(5-3-13)87(70,71)86-42-34(69)41-21(12-56)78-49(42)85-40-20(11-55)77-47(33(68)27(40)62)83-38-18(9-53)75-45(31(66)25(38)60)81-36-16(7-51)73-43(29(64)23(36)58)79-35-15(6-50)72-44(28(63)22(35)57)80-37-17(8-52)74-46(30(65)24(37)59)82-39-19(10-54)76-48(84-41)32(67)26(39)61;/h2-5,15-69H,6-12H2,1H3;1H2/t15-,16-,17-,18-,19-,20-,21-,22-,23-,24-,25-,26-,27-,28-,29-,30-,31-,32-,33-,34+,35-,36-,37-,38-,39-,40-,41-,42-,43-,44-,45-,46-,47-,48-,49-;/m1./s1. The highest BCUT2D eigenvalue weighted by Gasteiger charge is 2.60. The van der Waals surface area contributed by atoms with E-state index in [9.17, 15) is 111 Å². The number of aliphatic hydroxyl groups is 20. The molecule has 0 aromatic heterocycles. The first kappa shape index (κ1) is 71.6. The highest BCUT2D eigenvalue weighted by molar-refractivity contribution is 7.86. The van der Waals surface area contributed by atoms with E-state index in [1.54, 1.807) is 6.92 Å². The molecule has 0 unspecified atom stereocenters. The SMILES string of the molecule is Cc1ccc(S(=O)(=O)O[C@H]2[C@H]3O[C@H]4[C@H](O)[C@@H](O)[C@@H](O[C@H]5[C@H](O)[C@@H](O)[C@@H](O[C@H]6[C@H](O)[C@@H](O)[C@@H](O[C@H]7[C@H](O)[C@@H](O)[C@@H](O[C@H]8[C@H](O)[C@@H](O)[C@@H](O[C@H]9[C@H](O)[C@@H](O)[C@@H](O[C@@H]([C@@H]2O)[C@@H](CO)O3)O[C@@H]9CO)O[C@@H]8CO)O[C@@H]7CO)O[C@@H]6CO)O[C@@H]5CO)O[C@@H]4CO)cc1.O. The third-order valence-corrected chi connectivity index (χ3v) is 17.6. The molecular formula is C49H78O38S. The van der Waals surface area contributed by atoms with Crippen LogP contribution in [0.25, 0.3) is 0 Å². The van der Waals surface area contributed by atoms with Crippen LogP contribution in [-0.4, -0.2) is 377 Å². The van der Waals surface area contributed by atoms with Crippen molar-refractivity contribution in [1.82, 2.24) is 0 Å². The largest absolute Gasteiger partial charge is 0.412 e. The lowest BCUT2D eigenvalue weighted by molar-refractivity contribution is -0.396. The zero-order valence-electron chi connectivity index (χ0n) is 46.3. The van der Waals surface area contributed by atoms with Crippen LogP contribution < -0.4 is 0 Å². The summed E-state index contributed by atoms with van der Waals surface area (Å²) in [6, 6.07) is 5.02. The molecule has 0 aliphatic carbocycles. The molecule has 1 aromatic rings. The third-order valence-electron chi connectivity index (χ3n) is 16.3. The molecule has 14 bridgehead atoms. The van der Waals surface area contributed by atoms with E-state index in [-0.39, 0.29) is 5.48 Å². The Balaban J connectivity index is 0.0000100. The molecule has 35 atom stereocenters. The molecule has 39 heteroatoms. The minimum absolute atomic E-state index is 0. The Hall–Kier alpha value is -2.27. The predicted molar refractivity (Wildman–Crippen MR) is 269 cm³/mol. The van der Waals surface area contributed by atoms with E-state index in [4.69, 9.17) is 70.5 Å². The first-order valence-electron chi connectivity index (χ1n) is 27.6. The summed E-state index contributed by atoms with van der Waals surface area (Å²) >= 11 is 0. The van der Waals surface area contributed by atoms with Crippen LogP contribution in [-0.2, 0) is 80.6 Å². The summed E-state index contributed by atoms with van der Waals surface area (Å²) < 4.78 is 114. The molecule has 0 radical (unpaired) electrons. The van der Waals surface area contributed by atoms with Gasteiger partial charge in [0.25, 0.3) is 10.1 Å². The quantitative estimate of drug-likeness (QED) is 0.0967. The van der Waals surface area contributed by atoms with Crippen LogP contribution in [0.3, 0.4) is 0 Å². The molecule has 1 aromatic carbocycles. The van der Waals surface area contributed by atoms with Crippen LogP contribution in [0.4, 0.5) is 0 Å². The van der Waals surface area contributed by atoms with E-state index in [2.05, 4.69) is 0 Å². The number of benzene rings is 1. The molecule has 15 aliphatic heterocycles. The van der Waals surface area contributed by atoms with Crippen molar-refractivity contribution in [2.45, 2.75) is 227 Å². The lowest BCUT2D eigenvalue weighted by Crippen LogP contribution is -2.68. The highest BCUT2D eigenvalue weighted by atomic mass is 32.2. The van der Waals surface area contributed by atoms with Crippen molar-refractivity contribution in [2.24, 2.45) is 0 Å². The van der Waals surface area contributed by atoms with Crippen LogP contribution >= 0.6 is 0 Å². The zero-order valence-corrected chi connectivity index (χ0v) is 47.1. The Morgan fingerprint density at radius 2 is 0.500 bits per heavy atom. The van der Waals surface area contributed by atoms with E-state index >= 15 is 0 Å². The average molecular weight is 1310 g/mol. The van der Waals surface area contributed by atoms with Crippen molar-refractivity contribution >= 4 is 10.1 Å². The van der Waals surface area contributed by atoms with Gasteiger partial charge in [0.1, 0.15) is 165 Å². The van der Waals surface area contributed by atoms with Gasteiger partial charge in [-0.3, -0.25) is 4.18 Å². The van der Waals surface area contributed by atoms with Crippen molar-refractivity contribution in [3.8, 4) is 0 Å². The van der Waals surface area contributed by atoms with E-state index in [0.717, 1.165) is 12.1 Å². The van der Waals surface area contributed by atoms with Gasteiger partial charge >= 0.3 is 0 Å². The van der Waals surface area contributed by atoms with Crippen LogP contribution in [0.15, 0.2) is 29.2 Å². The summed E-state index contributed by atoms with van der Waals surface area (Å²) in [4.78, 5) is -0.504. The zero-order chi connectivity index (χ0) is 63.2. The van der Waals surface area contributed by atoms with Gasteiger partial charge in [-0.05, 0) is 19.1 Å². The Kier molecular flexibility index (Phi) is 24.4. The highest BCUT2D eigenvalue weighted by Crippen LogP contribution is 2.40. The lowest BCUT2D eigenvalue weighted by atomic mass is 9.95. The molecule has 0 amide bonds. The number of hydrogen-bond donors (Lipinski definition) is 20. The molecule has 15 saturated heterocycles. The third kappa shape index (κ3) is 14.2. The number of hydrogen-bond acceptors (Lipinski definition) is 37. The van der Waals surface area contributed by atoms with E-state index in [0.29, 0.717) is 5.56 Å². The summed E-state index contributed by atoms with van der Waals surface area (Å²) in [7, 11) is -5.02. The van der Waals surface area contributed by atoms with E-state index in [1.165, 1.54) is 12.1 Å². The topological polar surface area (TPSA) is 609 Å². The summed E-state index contributed by atoms with van der Waals surface area (Å²) in [6.45, 7) is -6.12. The van der Waals surface area contributed by atoms with Gasteiger partial charge in [0.05, 0.1) is 51.1 Å². The average Bonchev–Trinajstić information content (AvgIpc) is 1.02. The Morgan fingerprint density at radius 3 is 0.716 bits per heavy atom. The normalized spacial score (nSPS) is 49.9. The molecule has 16 rings (SSSR count). The molecule has 15 aliphatic rings. The van der Waals surface area contributed by atoms with Gasteiger partial charge in [0.15, 0.2) is 50.1 Å². The minimum Gasteiger partial charge on any atom is -0.412 e. The van der Waals surface area contributed by atoms with Crippen molar-refractivity contribution in [3.05, 3.63) is 29.8 Å². The summed E-state index contributed by atoms with van der Waals surface area (Å²) in [5.74, 6) is 0. The molecule has 508 valence electrons. The van der Waals surface area contributed by atoms with Gasteiger partial charge < -0.3 is 174 Å². The number of rotatable bonds is 10. The minimum atomic E-state index is -5.02. The smallest absolute Gasteiger partial charge is 0.297 e. The maximum absolute atomic E-state index is 14.0. The molecule has 88 heavy (non-hydrogen) atoms. The predicted octanol–water partition coefficient (Wildman–Crippen LogP) is -14.3. The summed E-state index contributed by atoms with van der Waals surface area (Å²) in [6.07, 6.45) is -73.3. The fourth-order valence-corrected chi connectivity index (χ4v) is 12.5. The number of ether oxygens (including phenoxy) is 14. The van der Waals surface area contributed by atoms with Crippen LogP contribution in [0, 0.1) is 6.92 Å². The maximum Gasteiger partial charge on any atom is 0.297 e. The van der Waals surface area contributed by atoms with Gasteiger partial charge in [-0.2, -0.15) is 8.42 Å². The van der Waals surface area contributed by atoms with Gasteiger partial charge in [-0.1, -0.05) is 17.7 Å². The number of fused-ring (bicyclic) bond motifs is 7. The Labute approximate surface area is 498 Å². The van der Waals surface area contributed by atoms with Crippen molar-refractivity contribution < 1.29 is 187 Å². The van der Waals surface area contributed by atoms with Crippen molar-refractivity contribution in [3.63, 3.8) is 0 Å². The summed E-state index contributed by atoms with van der Waals surface area (Å²) in [5.41, 5.74) is 0.600. The van der Waals surface area contributed by atoms with Crippen LogP contribution in [0.2, 0.25) is 0 Å². The Morgan fingerprint density at radius 1 is 0.307 bits per heavy atom. The van der Waals surface area contributed by atoms with Gasteiger partial charge in [0, 0.05) is 0 Å². The van der Waals surface area contributed by atoms with Gasteiger partial charge in [0.2, 0.25) is 0 Å². The summed E-state index contributed by atoms with van der Waals surface area (Å²) in [5, 5.41) is 223. The maximum atomic E-state index is 14.0. The van der Waals surface area contributed by atoms with Crippen LogP contribution in [0.5, 0.6) is 0 Å². The molecule has 22 N–H and O–H groups in total. The Bertz CT molecular complexity index is 2430. The molecular weight excluding hydrogens is 1230 g/mol.